The van der Waals surface area contributed by atoms with Gasteiger partial charge in [0.1, 0.15) is 5.65 Å². The highest BCUT2D eigenvalue weighted by molar-refractivity contribution is 8.04. The first-order chi connectivity index (χ1) is 16.2. The lowest BCUT2D eigenvalue weighted by atomic mass is 10.0. The van der Waals surface area contributed by atoms with E-state index in [4.69, 9.17) is 11.6 Å². The van der Waals surface area contributed by atoms with Crippen molar-refractivity contribution in [2.24, 2.45) is 0 Å². The standard InChI is InChI=1S/C26H27ClN4OS/c27-22-7-2-1-6-20(22)16-19-10-14-30(15-11-19)13-4-3-12-28-26(32)23-17-21-18-29-24-8-5-9-25(33-23)31(21)24/h1-2,5-9,16-18H,3-4,10-15H2,(H,28,32). The normalized spacial score (nSPS) is 16.0. The third-order valence-electron chi connectivity index (χ3n) is 6.19. The fourth-order valence-electron chi connectivity index (χ4n) is 4.37. The number of rotatable bonds is 7. The van der Waals surface area contributed by atoms with Gasteiger partial charge in [0.15, 0.2) is 0 Å². The SMILES string of the molecule is O=C(NCCCCN1CCC(=Cc2ccccc2Cl)CC1)C1=Cc2cnc3cccc(n23)S1. The van der Waals surface area contributed by atoms with Crippen molar-refractivity contribution < 1.29 is 4.79 Å². The lowest BCUT2D eigenvalue weighted by Gasteiger charge is -2.28. The van der Waals surface area contributed by atoms with E-state index in [1.807, 2.05) is 48.7 Å². The molecule has 5 nitrogen and oxygen atoms in total. The van der Waals surface area contributed by atoms with Gasteiger partial charge in [0.25, 0.3) is 5.91 Å². The Kier molecular flexibility index (Phi) is 6.85. The van der Waals surface area contributed by atoms with Crippen molar-refractivity contribution in [2.45, 2.75) is 30.7 Å². The van der Waals surface area contributed by atoms with Crippen molar-refractivity contribution in [3.63, 3.8) is 0 Å². The van der Waals surface area contributed by atoms with Crippen LogP contribution in [0.25, 0.3) is 17.8 Å². The van der Waals surface area contributed by atoms with Crippen LogP contribution < -0.4 is 5.32 Å². The van der Waals surface area contributed by atoms with Crippen molar-refractivity contribution in [1.82, 2.24) is 19.6 Å². The molecular weight excluding hydrogens is 452 g/mol. The minimum atomic E-state index is -0.00298. The fraction of sp³-hybridized carbons (Fsp3) is 0.308. The van der Waals surface area contributed by atoms with E-state index in [0.717, 1.165) is 77.2 Å². The average Bonchev–Trinajstić information content (AvgIpc) is 3.26. The maximum atomic E-state index is 12.7. The monoisotopic (exact) mass is 478 g/mol. The summed E-state index contributed by atoms with van der Waals surface area (Å²) in [6.45, 7) is 3.95. The van der Waals surface area contributed by atoms with Crippen LogP contribution in [0.4, 0.5) is 0 Å². The molecule has 0 spiro atoms. The number of amides is 1. The number of benzene rings is 1. The van der Waals surface area contributed by atoms with Crippen LogP contribution in [0.3, 0.4) is 0 Å². The second-order valence-corrected chi connectivity index (χ2v) is 9.95. The molecule has 1 fully saturated rings. The summed E-state index contributed by atoms with van der Waals surface area (Å²) in [6, 6.07) is 14.0. The highest BCUT2D eigenvalue weighted by Crippen LogP contribution is 2.34. The van der Waals surface area contributed by atoms with Gasteiger partial charge in [-0.15, -0.1) is 0 Å². The molecule has 3 aromatic rings. The van der Waals surface area contributed by atoms with Crippen molar-refractivity contribution in [3.05, 3.63) is 75.4 Å². The summed E-state index contributed by atoms with van der Waals surface area (Å²) >= 11 is 7.78. The molecule has 0 atom stereocenters. The predicted molar refractivity (Wildman–Crippen MR) is 136 cm³/mol. The first-order valence-corrected chi connectivity index (χ1v) is 12.7. The Labute approximate surface area is 203 Å². The predicted octanol–water partition coefficient (Wildman–Crippen LogP) is 5.51. The summed E-state index contributed by atoms with van der Waals surface area (Å²) in [7, 11) is 0. The zero-order valence-corrected chi connectivity index (χ0v) is 20.0. The Bertz CT molecular complexity index is 1220. The Balaban J connectivity index is 1.03. The number of piperidine rings is 1. The number of hydrogen-bond acceptors (Lipinski definition) is 4. The molecule has 1 N–H and O–H groups in total. The molecule has 2 aliphatic rings. The van der Waals surface area contributed by atoms with E-state index in [1.54, 1.807) is 0 Å². The summed E-state index contributed by atoms with van der Waals surface area (Å²) < 4.78 is 2.08. The van der Waals surface area contributed by atoms with Gasteiger partial charge in [0.05, 0.1) is 21.8 Å². The molecule has 2 aliphatic heterocycles. The van der Waals surface area contributed by atoms with Crippen molar-refractivity contribution in [1.29, 1.82) is 0 Å². The number of pyridine rings is 1. The van der Waals surface area contributed by atoms with E-state index in [9.17, 15) is 4.79 Å². The van der Waals surface area contributed by atoms with Gasteiger partial charge in [0, 0.05) is 24.7 Å². The van der Waals surface area contributed by atoms with Crippen LogP contribution in [0, 0.1) is 0 Å². The summed E-state index contributed by atoms with van der Waals surface area (Å²) in [6.07, 6.45) is 10.3. The van der Waals surface area contributed by atoms with Crippen molar-refractivity contribution in [2.75, 3.05) is 26.2 Å². The Hall–Kier alpha value is -2.54. The van der Waals surface area contributed by atoms with E-state index in [2.05, 4.69) is 31.7 Å². The molecular formula is C26H27ClN4OS. The molecule has 0 unspecified atom stereocenters. The molecule has 1 amide bonds. The number of likely N-dealkylation sites (tertiary alicyclic amines) is 1. The first-order valence-electron chi connectivity index (χ1n) is 11.5. The molecule has 1 saturated heterocycles. The van der Waals surface area contributed by atoms with Gasteiger partial charge in [0.2, 0.25) is 0 Å². The lowest BCUT2D eigenvalue weighted by Crippen LogP contribution is -2.32. The Morgan fingerprint density at radius 1 is 1.12 bits per heavy atom. The van der Waals surface area contributed by atoms with E-state index in [-0.39, 0.29) is 5.91 Å². The van der Waals surface area contributed by atoms with Gasteiger partial charge in [-0.3, -0.25) is 9.20 Å². The second kappa shape index (κ2) is 10.2. The topological polar surface area (TPSA) is 49.6 Å². The molecule has 4 heterocycles. The van der Waals surface area contributed by atoms with Gasteiger partial charge in [-0.05, 0) is 62.1 Å². The number of nitrogens with one attached hydrogen (secondary N) is 1. The maximum absolute atomic E-state index is 12.7. The Morgan fingerprint density at radius 2 is 1.97 bits per heavy atom. The molecule has 0 aliphatic carbocycles. The number of aromatic nitrogens is 2. The third-order valence-corrected chi connectivity index (χ3v) is 7.58. The summed E-state index contributed by atoms with van der Waals surface area (Å²) in [4.78, 5) is 20.3. The summed E-state index contributed by atoms with van der Waals surface area (Å²) in [5.74, 6) is -0.00298. The van der Waals surface area contributed by atoms with Crippen LogP contribution >= 0.6 is 23.4 Å². The van der Waals surface area contributed by atoms with Gasteiger partial charge < -0.3 is 10.2 Å². The smallest absolute Gasteiger partial charge is 0.258 e. The lowest BCUT2D eigenvalue weighted by molar-refractivity contribution is -0.116. The van der Waals surface area contributed by atoms with Gasteiger partial charge in [-0.2, -0.15) is 0 Å². The molecule has 0 saturated carbocycles. The van der Waals surface area contributed by atoms with Crippen LogP contribution in [-0.2, 0) is 4.79 Å². The Morgan fingerprint density at radius 3 is 2.82 bits per heavy atom. The first kappa shape index (κ1) is 22.3. The molecule has 0 radical (unpaired) electrons. The minimum Gasteiger partial charge on any atom is -0.352 e. The molecule has 7 heteroatoms. The number of imidazole rings is 1. The summed E-state index contributed by atoms with van der Waals surface area (Å²) in [5.41, 5.74) is 4.46. The van der Waals surface area contributed by atoms with Gasteiger partial charge >= 0.3 is 0 Å². The van der Waals surface area contributed by atoms with Crippen LogP contribution in [0.2, 0.25) is 5.02 Å². The number of hydrogen-bond donors (Lipinski definition) is 1. The molecule has 1 aromatic carbocycles. The maximum Gasteiger partial charge on any atom is 0.258 e. The van der Waals surface area contributed by atoms with E-state index < -0.39 is 0 Å². The highest BCUT2D eigenvalue weighted by atomic mass is 35.5. The molecule has 5 rings (SSSR count). The van der Waals surface area contributed by atoms with Crippen LogP contribution in [-0.4, -0.2) is 46.4 Å². The number of carbonyl (C=O) groups excluding carboxylic acids is 1. The van der Waals surface area contributed by atoms with Crippen LogP contribution in [0.15, 0.2) is 64.2 Å². The van der Waals surface area contributed by atoms with E-state index >= 15 is 0 Å². The van der Waals surface area contributed by atoms with Gasteiger partial charge in [-0.1, -0.05) is 59.3 Å². The zero-order valence-electron chi connectivity index (χ0n) is 18.5. The van der Waals surface area contributed by atoms with Crippen molar-refractivity contribution in [3.8, 4) is 0 Å². The molecule has 0 bridgehead atoms. The van der Waals surface area contributed by atoms with E-state index in [1.165, 1.54) is 17.3 Å². The number of thioether (sulfide) groups is 1. The van der Waals surface area contributed by atoms with E-state index in [0.29, 0.717) is 6.54 Å². The number of unbranched alkanes of at least 4 members (excludes halogenated alkanes) is 1. The summed E-state index contributed by atoms with van der Waals surface area (Å²) in [5, 5.41) is 4.93. The molecule has 2 aromatic heterocycles. The largest absolute Gasteiger partial charge is 0.352 e. The average molecular weight is 479 g/mol. The van der Waals surface area contributed by atoms with Crippen LogP contribution in [0.5, 0.6) is 0 Å². The van der Waals surface area contributed by atoms with Gasteiger partial charge in [-0.25, -0.2) is 4.98 Å². The quantitative estimate of drug-likeness (QED) is 0.455. The highest BCUT2D eigenvalue weighted by Gasteiger charge is 2.20. The number of nitrogens with zero attached hydrogens (tertiary/aromatic N) is 3. The molecule has 170 valence electrons. The fourth-order valence-corrected chi connectivity index (χ4v) is 5.57. The van der Waals surface area contributed by atoms with Crippen LogP contribution in [0.1, 0.15) is 36.9 Å². The number of carbonyl (C=O) groups is 1. The second-order valence-electron chi connectivity index (χ2n) is 8.48. The van der Waals surface area contributed by atoms with Crippen molar-refractivity contribution >= 4 is 47.1 Å². The third kappa shape index (κ3) is 5.18. The minimum absolute atomic E-state index is 0.00298. The zero-order chi connectivity index (χ0) is 22.6. The number of halogens is 1. The molecule has 33 heavy (non-hydrogen) atoms.